The monoisotopic (exact) mass is 415 g/mol. The summed E-state index contributed by atoms with van der Waals surface area (Å²) < 4.78 is 5.44. The van der Waals surface area contributed by atoms with E-state index in [0.29, 0.717) is 5.56 Å². The number of hydrogen-bond donors (Lipinski definition) is 1. The van der Waals surface area contributed by atoms with Crippen LogP contribution in [0, 0.1) is 6.92 Å². The predicted octanol–water partition coefficient (Wildman–Crippen LogP) is 4.33. The second-order valence-electron chi connectivity index (χ2n) is 8.11. The van der Waals surface area contributed by atoms with Crippen LogP contribution < -0.4 is 15.5 Å². The van der Waals surface area contributed by atoms with E-state index < -0.39 is 5.91 Å². The Labute approximate surface area is 184 Å². The van der Waals surface area contributed by atoms with E-state index in [1.54, 1.807) is 0 Å². The van der Waals surface area contributed by atoms with Gasteiger partial charge in [-0.25, -0.2) is 0 Å². The van der Waals surface area contributed by atoms with Gasteiger partial charge in [0.15, 0.2) is 0 Å². The number of rotatable bonds is 5. The summed E-state index contributed by atoms with van der Waals surface area (Å²) >= 11 is 0. The molecular formula is C26H29N3O2. The molecule has 0 atom stereocenters. The molecule has 0 unspecified atom stereocenters. The van der Waals surface area contributed by atoms with E-state index in [1.807, 2.05) is 27.1 Å². The minimum Gasteiger partial charge on any atom is -0.378 e. The van der Waals surface area contributed by atoms with Gasteiger partial charge in [0.25, 0.3) is 0 Å². The summed E-state index contributed by atoms with van der Waals surface area (Å²) in [6, 6.07) is 20.8. The van der Waals surface area contributed by atoms with Crippen molar-refractivity contribution in [2.45, 2.75) is 6.92 Å². The average Bonchev–Trinajstić information content (AvgIpc) is 2.79. The van der Waals surface area contributed by atoms with E-state index in [1.165, 1.54) is 5.69 Å². The second-order valence-corrected chi connectivity index (χ2v) is 8.11. The molecule has 0 spiro atoms. The lowest BCUT2D eigenvalue weighted by Crippen LogP contribution is -2.36. The molecule has 0 bridgehead atoms. The maximum atomic E-state index is 12.5. The molecule has 3 aromatic rings. The topological polar surface area (TPSA) is 58.8 Å². The molecule has 1 saturated heterocycles. The average molecular weight is 416 g/mol. The Morgan fingerprint density at radius 2 is 1.42 bits per heavy atom. The molecule has 0 aliphatic carbocycles. The van der Waals surface area contributed by atoms with E-state index >= 15 is 0 Å². The van der Waals surface area contributed by atoms with Crippen LogP contribution in [0.5, 0.6) is 0 Å². The van der Waals surface area contributed by atoms with Gasteiger partial charge in [0.1, 0.15) is 0 Å². The minimum absolute atomic E-state index is 0.406. The molecule has 5 nitrogen and oxygen atoms in total. The number of nitrogens with two attached hydrogens (primary N) is 1. The van der Waals surface area contributed by atoms with Crippen LogP contribution in [0.3, 0.4) is 0 Å². The highest BCUT2D eigenvalue weighted by atomic mass is 16.5. The summed E-state index contributed by atoms with van der Waals surface area (Å²) in [5.41, 5.74) is 13.6. The number of benzene rings is 3. The number of ether oxygens (including phenoxy) is 1. The number of anilines is 2. The largest absolute Gasteiger partial charge is 0.378 e. The Kier molecular flexibility index (Phi) is 5.96. The van der Waals surface area contributed by atoms with Crippen molar-refractivity contribution in [3.63, 3.8) is 0 Å². The minimum atomic E-state index is -0.406. The van der Waals surface area contributed by atoms with Crippen molar-refractivity contribution < 1.29 is 9.53 Å². The van der Waals surface area contributed by atoms with Gasteiger partial charge in [-0.3, -0.25) is 4.79 Å². The fourth-order valence-corrected chi connectivity index (χ4v) is 4.19. The van der Waals surface area contributed by atoms with E-state index in [2.05, 4.69) is 64.4 Å². The molecule has 2 N–H and O–H groups in total. The Balaban J connectivity index is 1.70. The Bertz CT molecular complexity index is 1070. The smallest absolute Gasteiger partial charge is 0.249 e. The zero-order valence-corrected chi connectivity index (χ0v) is 18.4. The van der Waals surface area contributed by atoms with Gasteiger partial charge >= 0.3 is 0 Å². The molecule has 1 fully saturated rings. The zero-order chi connectivity index (χ0) is 22.0. The fourth-order valence-electron chi connectivity index (χ4n) is 4.19. The van der Waals surface area contributed by atoms with Gasteiger partial charge in [-0.05, 0) is 59.0 Å². The Morgan fingerprint density at radius 1 is 0.871 bits per heavy atom. The molecule has 3 aromatic carbocycles. The van der Waals surface area contributed by atoms with Gasteiger partial charge in [-0.15, -0.1) is 0 Å². The lowest BCUT2D eigenvalue weighted by atomic mass is 9.89. The van der Waals surface area contributed by atoms with Gasteiger partial charge in [-0.2, -0.15) is 0 Å². The number of primary amides is 1. The molecule has 0 saturated carbocycles. The van der Waals surface area contributed by atoms with Gasteiger partial charge in [0.2, 0.25) is 5.91 Å². The molecule has 31 heavy (non-hydrogen) atoms. The Morgan fingerprint density at radius 3 is 2.00 bits per heavy atom. The molecule has 1 heterocycles. The highest BCUT2D eigenvalue weighted by Gasteiger charge is 2.18. The highest BCUT2D eigenvalue weighted by Crippen LogP contribution is 2.34. The number of hydrogen-bond acceptors (Lipinski definition) is 4. The van der Waals surface area contributed by atoms with Crippen molar-refractivity contribution in [2.24, 2.45) is 5.73 Å². The third kappa shape index (κ3) is 4.28. The second kappa shape index (κ2) is 8.82. The van der Waals surface area contributed by atoms with Crippen LogP contribution in [-0.4, -0.2) is 46.3 Å². The molecule has 0 aromatic heterocycles. The van der Waals surface area contributed by atoms with Gasteiger partial charge in [0.05, 0.1) is 18.8 Å². The molecular weight excluding hydrogens is 386 g/mol. The van der Waals surface area contributed by atoms with Crippen LogP contribution in [0.25, 0.3) is 22.3 Å². The molecule has 160 valence electrons. The fraction of sp³-hybridized carbons (Fsp3) is 0.269. The summed E-state index contributed by atoms with van der Waals surface area (Å²) in [6.45, 7) is 5.27. The first-order valence-corrected chi connectivity index (χ1v) is 10.6. The maximum Gasteiger partial charge on any atom is 0.249 e. The molecule has 4 rings (SSSR count). The van der Waals surface area contributed by atoms with Crippen molar-refractivity contribution in [3.05, 3.63) is 71.8 Å². The van der Waals surface area contributed by atoms with Crippen molar-refractivity contribution in [2.75, 3.05) is 50.2 Å². The normalized spacial score (nSPS) is 13.8. The van der Waals surface area contributed by atoms with Crippen LogP contribution >= 0.6 is 0 Å². The summed E-state index contributed by atoms with van der Waals surface area (Å²) in [7, 11) is 4.04. The third-order valence-corrected chi connectivity index (χ3v) is 5.96. The number of carbonyl (C=O) groups excluding carboxylic acids is 1. The van der Waals surface area contributed by atoms with Crippen molar-refractivity contribution in [1.82, 2.24) is 0 Å². The number of nitrogens with zero attached hydrogens (tertiary/aromatic N) is 2. The first kappa shape index (κ1) is 20.9. The van der Waals surface area contributed by atoms with Crippen LogP contribution in [0.15, 0.2) is 60.7 Å². The standard InChI is InChI=1S/C26H29N3O2/c1-18-23(19-4-8-21(9-5-19)28(2)3)12-13-24(25(18)26(27)30)20-6-10-22(11-7-20)29-14-16-31-17-15-29/h4-13H,14-17H2,1-3H3,(H2,27,30). The molecule has 1 amide bonds. The van der Waals surface area contributed by atoms with Crippen LogP contribution in [-0.2, 0) is 4.74 Å². The van der Waals surface area contributed by atoms with Gasteiger partial charge < -0.3 is 20.3 Å². The summed E-state index contributed by atoms with van der Waals surface area (Å²) in [5.74, 6) is -0.406. The third-order valence-electron chi connectivity index (χ3n) is 5.96. The van der Waals surface area contributed by atoms with Gasteiger partial charge in [-0.1, -0.05) is 36.4 Å². The summed E-state index contributed by atoms with van der Waals surface area (Å²) in [5, 5.41) is 0. The lowest BCUT2D eigenvalue weighted by Gasteiger charge is -2.29. The lowest BCUT2D eigenvalue weighted by molar-refractivity contribution is 0.100. The van der Waals surface area contributed by atoms with Crippen LogP contribution in [0.1, 0.15) is 15.9 Å². The number of morpholine rings is 1. The van der Waals surface area contributed by atoms with E-state index in [9.17, 15) is 4.79 Å². The van der Waals surface area contributed by atoms with Gasteiger partial charge in [0, 0.05) is 38.6 Å². The molecule has 1 aliphatic heterocycles. The van der Waals surface area contributed by atoms with Crippen LogP contribution in [0.2, 0.25) is 0 Å². The molecule has 1 aliphatic rings. The van der Waals surface area contributed by atoms with Crippen molar-refractivity contribution >= 4 is 17.3 Å². The quantitative estimate of drug-likeness (QED) is 0.674. The molecule has 0 radical (unpaired) electrons. The Hall–Kier alpha value is -3.31. The van der Waals surface area contributed by atoms with Crippen LogP contribution in [0.4, 0.5) is 11.4 Å². The molecule has 5 heteroatoms. The van der Waals surface area contributed by atoms with Crippen molar-refractivity contribution in [3.8, 4) is 22.3 Å². The van der Waals surface area contributed by atoms with E-state index in [4.69, 9.17) is 10.5 Å². The predicted molar refractivity (Wildman–Crippen MR) is 128 cm³/mol. The summed E-state index contributed by atoms with van der Waals surface area (Å²) in [6.07, 6.45) is 0. The number of amides is 1. The maximum absolute atomic E-state index is 12.5. The first-order valence-electron chi connectivity index (χ1n) is 10.6. The SMILES string of the molecule is Cc1c(-c2ccc(N(C)C)cc2)ccc(-c2ccc(N3CCOCC3)cc2)c1C(N)=O. The van der Waals surface area contributed by atoms with E-state index in [-0.39, 0.29) is 0 Å². The first-order chi connectivity index (χ1) is 15.0. The zero-order valence-electron chi connectivity index (χ0n) is 18.4. The summed E-state index contributed by atoms with van der Waals surface area (Å²) in [4.78, 5) is 16.8. The van der Waals surface area contributed by atoms with Crippen molar-refractivity contribution in [1.29, 1.82) is 0 Å². The number of carbonyl (C=O) groups is 1. The van der Waals surface area contributed by atoms with E-state index in [0.717, 1.165) is 59.8 Å². The highest BCUT2D eigenvalue weighted by molar-refractivity contribution is 6.03.